The van der Waals surface area contributed by atoms with E-state index in [9.17, 15) is 5.11 Å². The fraction of sp³-hybridized carbons (Fsp3) is 1.00. The second kappa shape index (κ2) is 4.21. The fourth-order valence-corrected chi connectivity index (χ4v) is 2.19. The first-order valence-electron chi connectivity index (χ1n) is 5.31. The first-order chi connectivity index (χ1) is 7.48. The van der Waals surface area contributed by atoms with Crippen LogP contribution in [0.1, 0.15) is 13.8 Å². The van der Waals surface area contributed by atoms with Gasteiger partial charge in [0.1, 0.15) is 24.4 Å². The largest absolute Gasteiger partial charge is 0.394 e. The molecule has 2 saturated heterocycles. The standard InChI is InChI=1S/C10H18O6/c1-10(2)15-7-6(5(12)4-11)14-9(13-3)8(7)16-10/h5-9,11-12H,4H2,1-3H3/t5-,6+,7-,8-,9-/m1/s1. The molecule has 2 N–H and O–H groups in total. The van der Waals surface area contributed by atoms with Crippen LogP contribution in [-0.2, 0) is 18.9 Å². The Morgan fingerprint density at radius 2 is 1.94 bits per heavy atom. The van der Waals surface area contributed by atoms with E-state index in [2.05, 4.69) is 0 Å². The van der Waals surface area contributed by atoms with Crippen molar-refractivity contribution in [1.82, 2.24) is 0 Å². The maximum atomic E-state index is 9.62. The lowest BCUT2D eigenvalue weighted by atomic mass is 10.1. The van der Waals surface area contributed by atoms with Gasteiger partial charge in [-0.15, -0.1) is 0 Å². The lowest BCUT2D eigenvalue weighted by molar-refractivity contribution is -0.238. The van der Waals surface area contributed by atoms with Gasteiger partial charge >= 0.3 is 0 Å². The van der Waals surface area contributed by atoms with Gasteiger partial charge in [0, 0.05) is 7.11 Å². The maximum Gasteiger partial charge on any atom is 0.186 e. The average Bonchev–Trinajstić information content (AvgIpc) is 2.69. The zero-order valence-corrected chi connectivity index (χ0v) is 9.62. The molecule has 0 aliphatic carbocycles. The van der Waals surface area contributed by atoms with Crippen LogP contribution in [-0.4, -0.2) is 60.4 Å². The van der Waals surface area contributed by atoms with Crippen molar-refractivity contribution in [1.29, 1.82) is 0 Å². The summed E-state index contributed by atoms with van der Waals surface area (Å²) in [5.74, 6) is -0.719. The molecule has 0 unspecified atom stereocenters. The van der Waals surface area contributed by atoms with E-state index < -0.39 is 30.4 Å². The molecule has 6 nitrogen and oxygen atoms in total. The molecular weight excluding hydrogens is 216 g/mol. The summed E-state index contributed by atoms with van der Waals surface area (Å²) in [7, 11) is 1.50. The highest BCUT2D eigenvalue weighted by atomic mass is 16.8. The van der Waals surface area contributed by atoms with Crippen LogP contribution in [0.3, 0.4) is 0 Å². The third kappa shape index (κ3) is 1.97. The van der Waals surface area contributed by atoms with Crippen molar-refractivity contribution in [3.8, 4) is 0 Å². The SMILES string of the molecule is CO[C@@H]1O[C@@H]([C@H](O)CO)[C@H]2OC(C)(C)O[C@@H]12. The summed E-state index contributed by atoms with van der Waals surface area (Å²) in [5.41, 5.74) is 0. The normalized spacial score (nSPS) is 43.3. The minimum Gasteiger partial charge on any atom is -0.394 e. The highest BCUT2D eigenvalue weighted by Gasteiger charge is 2.57. The molecule has 5 atom stereocenters. The van der Waals surface area contributed by atoms with Gasteiger partial charge in [-0.3, -0.25) is 0 Å². The number of aliphatic hydroxyl groups is 2. The maximum absolute atomic E-state index is 9.62. The molecule has 6 heteroatoms. The Morgan fingerprint density at radius 1 is 1.31 bits per heavy atom. The summed E-state index contributed by atoms with van der Waals surface area (Å²) in [6.45, 7) is 3.20. The van der Waals surface area contributed by atoms with Gasteiger partial charge in [0.15, 0.2) is 12.1 Å². The van der Waals surface area contributed by atoms with Crippen LogP contribution in [0.15, 0.2) is 0 Å². The van der Waals surface area contributed by atoms with Crippen molar-refractivity contribution in [2.75, 3.05) is 13.7 Å². The first-order valence-corrected chi connectivity index (χ1v) is 5.31. The molecule has 94 valence electrons. The van der Waals surface area contributed by atoms with Gasteiger partial charge in [-0.25, -0.2) is 0 Å². The van der Waals surface area contributed by atoms with Gasteiger partial charge in [-0.05, 0) is 13.8 Å². The van der Waals surface area contributed by atoms with Crippen LogP contribution in [0.5, 0.6) is 0 Å². The molecule has 2 fully saturated rings. The van der Waals surface area contributed by atoms with Crippen LogP contribution in [0.4, 0.5) is 0 Å². The van der Waals surface area contributed by atoms with Gasteiger partial charge in [-0.1, -0.05) is 0 Å². The molecular formula is C10H18O6. The molecule has 0 bridgehead atoms. The van der Waals surface area contributed by atoms with E-state index in [1.165, 1.54) is 7.11 Å². The molecule has 0 aromatic rings. The number of fused-ring (bicyclic) bond motifs is 1. The number of hydrogen-bond acceptors (Lipinski definition) is 6. The first kappa shape index (κ1) is 12.2. The molecule has 0 amide bonds. The monoisotopic (exact) mass is 234 g/mol. The number of hydrogen-bond donors (Lipinski definition) is 2. The van der Waals surface area contributed by atoms with E-state index >= 15 is 0 Å². The predicted molar refractivity (Wildman–Crippen MR) is 52.6 cm³/mol. The van der Waals surface area contributed by atoms with E-state index in [0.717, 1.165) is 0 Å². The molecule has 2 heterocycles. The number of methoxy groups -OCH3 is 1. The molecule has 0 aromatic carbocycles. The second-order valence-corrected chi connectivity index (χ2v) is 4.52. The van der Waals surface area contributed by atoms with Crippen molar-refractivity contribution >= 4 is 0 Å². The number of aliphatic hydroxyl groups excluding tert-OH is 2. The van der Waals surface area contributed by atoms with Crippen molar-refractivity contribution in [2.24, 2.45) is 0 Å². The topological polar surface area (TPSA) is 77.4 Å². The Hall–Kier alpha value is -0.240. The summed E-state index contributed by atoms with van der Waals surface area (Å²) in [4.78, 5) is 0. The number of rotatable bonds is 3. The van der Waals surface area contributed by atoms with Crippen LogP contribution in [0.25, 0.3) is 0 Å². The van der Waals surface area contributed by atoms with Crippen molar-refractivity contribution in [2.45, 2.75) is 50.3 Å². The van der Waals surface area contributed by atoms with Crippen LogP contribution in [0, 0.1) is 0 Å². The molecule has 2 aliphatic rings. The van der Waals surface area contributed by atoms with Gasteiger partial charge in [-0.2, -0.15) is 0 Å². The van der Waals surface area contributed by atoms with E-state index in [-0.39, 0.29) is 12.7 Å². The predicted octanol–water partition coefficient (Wildman–Crippen LogP) is -0.769. The smallest absolute Gasteiger partial charge is 0.186 e. The van der Waals surface area contributed by atoms with Crippen LogP contribution in [0.2, 0.25) is 0 Å². The highest BCUT2D eigenvalue weighted by Crippen LogP contribution is 2.39. The fourth-order valence-electron chi connectivity index (χ4n) is 2.19. The quantitative estimate of drug-likeness (QED) is 0.668. The Balaban J connectivity index is 2.14. The van der Waals surface area contributed by atoms with E-state index in [0.29, 0.717) is 0 Å². The summed E-state index contributed by atoms with van der Waals surface area (Å²) >= 11 is 0. The van der Waals surface area contributed by atoms with Crippen molar-refractivity contribution in [3.05, 3.63) is 0 Å². The zero-order chi connectivity index (χ0) is 11.9. The lowest BCUT2D eigenvalue weighted by Crippen LogP contribution is -2.40. The summed E-state index contributed by atoms with van der Waals surface area (Å²) < 4.78 is 21.8. The van der Waals surface area contributed by atoms with Crippen molar-refractivity contribution in [3.63, 3.8) is 0 Å². The minimum absolute atomic E-state index is 0.369. The number of ether oxygens (including phenoxy) is 4. The van der Waals surface area contributed by atoms with E-state index in [1.807, 2.05) is 0 Å². The third-order valence-electron chi connectivity index (χ3n) is 2.85. The summed E-state index contributed by atoms with van der Waals surface area (Å²) in [6.07, 6.45) is -2.97. The second-order valence-electron chi connectivity index (χ2n) is 4.52. The Kier molecular flexibility index (Phi) is 3.22. The van der Waals surface area contributed by atoms with Crippen LogP contribution < -0.4 is 0 Å². The highest BCUT2D eigenvalue weighted by molar-refractivity contribution is 4.97. The molecule has 0 spiro atoms. The van der Waals surface area contributed by atoms with Gasteiger partial charge in [0.05, 0.1) is 6.61 Å². The van der Waals surface area contributed by atoms with E-state index in [1.54, 1.807) is 13.8 Å². The van der Waals surface area contributed by atoms with Crippen molar-refractivity contribution < 1.29 is 29.2 Å². The zero-order valence-electron chi connectivity index (χ0n) is 9.62. The summed E-state index contributed by atoms with van der Waals surface area (Å²) in [5, 5.41) is 18.6. The molecule has 0 aromatic heterocycles. The van der Waals surface area contributed by atoms with Gasteiger partial charge in [0.25, 0.3) is 0 Å². The third-order valence-corrected chi connectivity index (χ3v) is 2.85. The van der Waals surface area contributed by atoms with E-state index in [4.69, 9.17) is 24.1 Å². The Morgan fingerprint density at radius 3 is 2.50 bits per heavy atom. The lowest BCUT2D eigenvalue weighted by Gasteiger charge is -2.25. The summed E-state index contributed by atoms with van der Waals surface area (Å²) in [6, 6.07) is 0. The molecule has 0 saturated carbocycles. The van der Waals surface area contributed by atoms with Crippen LogP contribution >= 0.6 is 0 Å². The molecule has 2 aliphatic heterocycles. The molecule has 16 heavy (non-hydrogen) atoms. The molecule has 0 radical (unpaired) electrons. The minimum atomic E-state index is -0.995. The molecule has 2 rings (SSSR count). The van der Waals surface area contributed by atoms with Gasteiger partial charge < -0.3 is 29.2 Å². The Labute approximate surface area is 94.1 Å². The Bertz CT molecular complexity index is 256. The van der Waals surface area contributed by atoms with Gasteiger partial charge in [0.2, 0.25) is 0 Å². The average molecular weight is 234 g/mol.